The first-order valence-electron chi connectivity index (χ1n) is 12.4. The van der Waals surface area contributed by atoms with Crippen LogP contribution in [0.25, 0.3) is 21.0 Å². The summed E-state index contributed by atoms with van der Waals surface area (Å²) in [7, 11) is -3.93. The third-order valence-electron chi connectivity index (χ3n) is 6.06. The van der Waals surface area contributed by atoms with E-state index in [-0.39, 0.29) is 4.90 Å². The molecular weight excluding hydrogens is 508 g/mol. The van der Waals surface area contributed by atoms with Crippen LogP contribution in [0.4, 0.5) is 16.2 Å². The Labute approximate surface area is 222 Å². The van der Waals surface area contributed by atoms with Crippen LogP contribution < -0.4 is 15.8 Å². The van der Waals surface area contributed by atoms with Crippen molar-refractivity contribution in [2.75, 3.05) is 17.7 Å². The Morgan fingerprint density at radius 2 is 1.81 bits per heavy atom. The van der Waals surface area contributed by atoms with Gasteiger partial charge in [0.25, 0.3) is 0 Å². The minimum absolute atomic E-state index is 0.0556. The molecule has 0 saturated heterocycles. The third kappa shape index (κ3) is 7.30. The third-order valence-corrected chi connectivity index (χ3v) is 8.94. The first kappa shape index (κ1) is 27.1. The number of ether oxygens (including phenoxy) is 1. The number of anilines is 2. The molecule has 1 heterocycles. The standard InChI is InChI=1S/C27H34N4O4S2/c1-27(2,3)31-37(33,34)24-15-21(30-26(32)35-17-18-7-5-4-6-8-18)13-14-22(24)23-16-29-25(36-23)19-9-11-20(28)12-10-19/h9-16,18,31H,4-8,17,28H2,1-3H3,(H,30,32). The lowest BCUT2D eigenvalue weighted by molar-refractivity contribution is 0.128. The van der Waals surface area contributed by atoms with Crippen LogP contribution in [0.15, 0.2) is 53.6 Å². The maximum absolute atomic E-state index is 13.4. The van der Waals surface area contributed by atoms with Crippen molar-refractivity contribution in [3.63, 3.8) is 0 Å². The van der Waals surface area contributed by atoms with Gasteiger partial charge >= 0.3 is 6.09 Å². The van der Waals surface area contributed by atoms with Gasteiger partial charge in [0.05, 0.1) is 16.4 Å². The van der Waals surface area contributed by atoms with Gasteiger partial charge in [-0.3, -0.25) is 5.32 Å². The Kier molecular flexibility index (Phi) is 8.20. The molecule has 1 saturated carbocycles. The average Bonchev–Trinajstić information content (AvgIpc) is 3.32. The molecule has 0 unspecified atom stereocenters. The number of nitrogen functional groups attached to an aromatic ring is 1. The lowest BCUT2D eigenvalue weighted by Gasteiger charge is -2.22. The summed E-state index contributed by atoms with van der Waals surface area (Å²) in [6, 6.07) is 12.2. The number of nitrogens with two attached hydrogens (primary N) is 1. The molecule has 1 amide bonds. The monoisotopic (exact) mass is 542 g/mol. The molecule has 1 aromatic heterocycles. The average molecular weight is 543 g/mol. The molecule has 0 bridgehead atoms. The van der Waals surface area contributed by atoms with Gasteiger partial charge < -0.3 is 10.5 Å². The van der Waals surface area contributed by atoms with Crippen molar-refractivity contribution in [2.24, 2.45) is 5.92 Å². The number of hydrogen-bond donors (Lipinski definition) is 3. The highest BCUT2D eigenvalue weighted by Crippen LogP contribution is 2.37. The molecule has 0 atom stereocenters. The van der Waals surface area contributed by atoms with E-state index in [4.69, 9.17) is 10.5 Å². The summed E-state index contributed by atoms with van der Waals surface area (Å²) in [6.07, 6.45) is 6.76. The molecule has 198 valence electrons. The van der Waals surface area contributed by atoms with Crippen LogP contribution in [0.2, 0.25) is 0 Å². The molecule has 0 radical (unpaired) electrons. The van der Waals surface area contributed by atoms with Crippen LogP contribution >= 0.6 is 11.3 Å². The van der Waals surface area contributed by atoms with Crippen LogP contribution in [0.3, 0.4) is 0 Å². The largest absolute Gasteiger partial charge is 0.449 e. The molecule has 0 spiro atoms. The number of carbonyl (C=O) groups is 1. The van der Waals surface area contributed by atoms with Gasteiger partial charge in [-0.25, -0.2) is 22.9 Å². The minimum Gasteiger partial charge on any atom is -0.449 e. The minimum atomic E-state index is -3.93. The number of amides is 1. The Bertz CT molecular complexity index is 1340. The highest BCUT2D eigenvalue weighted by atomic mass is 32.2. The van der Waals surface area contributed by atoms with E-state index in [9.17, 15) is 13.2 Å². The zero-order chi connectivity index (χ0) is 26.6. The molecule has 8 nitrogen and oxygen atoms in total. The topological polar surface area (TPSA) is 123 Å². The lowest BCUT2D eigenvalue weighted by atomic mass is 9.90. The molecule has 10 heteroatoms. The predicted octanol–water partition coefficient (Wildman–Crippen LogP) is 6.26. The van der Waals surface area contributed by atoms with Crippen LogP contribution in [0.1, 0.15) is 52.9 Å². The fourth-order valence-corrected chi connectivity index (χ4v) is 7.03. The summed E-state index contributed by atoms with van der Waals surface area (Å²) in [5, 5.41) is 3.44. The number of sulfonamides is 1. The van der Waals surface area contributed by atoms with Gasteiger partial charge in [-0.2, -0.15) is 0 Å². The van der Waals surface area contributed by atoms with Crippen molar-refractivity contribution in [1.29, 1.82) is 0 Å². The van der Waals surface area contributed by atoms with Gasteiger partial charge in [0.15, 0.2) is 0 Å². The van der Waals surface area contributed by atoms with Crippen LogP contribution in [-0.2, 0) is 14.8 Å². The second-order valence-corrected chi connectivity index (χ2v) is 13.1. The van der Waals surface area contributed by atoms with Crippen molar-refractivity contribution in [1.82, 2.24) is 9.71 Å². The zero-order valence-corrected chi connectivity index (χ0v) is 23.0. The van der Waals surface area contributed by atoms with E-state index < -0.39 is 21.7 Å². The highest BCUT2D eigenvalue weighted by molar-refractivity contribution is 7.89. The molecule has 3 aromatic rings. The Morgan fingerprint density at radius 1 is 1.11 bits per heavy atom. The predicted molar refractivity (Wildman–Crippen MR) is 149 cm³/mol. The summed E-state index contributed by atoms with van der Waals surface area (Å²) < 4.78 is 35.0. The van der Waals surface area contributed by atoms with E-state index >= 15 is 0 Å². The maximum Gasteiger partial charge on any atom is 0.411 e. The van der Waals surface area contributed by atoms with Gasteiger partial charge in [0, 0.05) is 34.2 Å². The van der Waals surface area contributed by atoms with Gasteiger partial charge in [-0.15, -0.1) is 11.3 Å². The number of carbonyl (C=O) groups excluding carboxylic acids is 1. The molecule has 2 aromatic carbocycles. The van der Waals surface area contributed by atoms with Gasteiger partial charge in [0.2, 0.25) is 10.0 Å². The van der Waals surface area contributed by atoms with Crippen molar-refractivity contribution in [3.8, 4) is 21.0 Å². The fourth-order valence-electron chi connectivity index (χ4n) is 4.34. The lowest BCUT2D eigenvalue weighted by Crippen LogP contribution is -2.40. The molecule has 1 aliphatic carbocycles. The summed E-state index contributed by atoms with van der Waals surface area (Å²) in [5.74, 6) is 0.385. The summed E-state index contributed by atoms with van der Waals surface area (Å²) >= 11 is 1.38. The van der Waals surface area contributed by atoms with Crippen molar-refractivity contribution < 1.29 is 17.9 Å². The molecule has 4 N–H and O–H groups in total. The number of nitrogens with one attached hydrogen (secondary N) is 2. The number of thiazole rings is 1. The molecule has 0 aliphatic heterocycles. The Hall–Kier alpha value is -2.95. The van der Waals surface area contributed by atoms with Crippen LogP contribution in [0.5, 0.6) is 0 Å². The second-order valence-electron chi connectivity index (χ2n) is 10.4. The van der Waals surface area contributed by atoms with E-state index in [0.29, 0.717) is 34.3 Å². The van der Waals surface area contributed by atoms with Crippen LogP contribution in [-0.4, -0.2) is 31.6 Å². The van der Waals surface area contributed by atoms with E-state index in [1.807, 2.05) is 12.1 Å². The molecule has 4 rings (SSSR count). The fraction of sp³-hybridized carbons (Fsp3) is 0.407. The summed E-state index contributed by atoms with van der Waals surface area (Å²) in [5.41, 5.74) is 7.49. The van der Waals surface area contributed by atoms with E-state index in [1.54, 1.807) is 51.2 Å². The Balaban J connectivity index is 1.61. The SMILES string of the molecule is CC(C)(C)NS(=O)(=O)c1cc(NC(=O)OCC2CCCCC2)ccc1-c1cnc(-c2ccc(N)cc2)s1. The number of hydrogen-bond acceptors (Lipinski definition) is 7. The van der Waals surface area contributed by atoms with E-state index in [0.717, 1.165) is 36.3 Å². The molecule has 1 fully saturated rings. The van der Waals surface area contributed by atoms with E-state index in [2.05, 4.69) is 15.0 Å². The highest BCUT2D eigenvalue weighted by Gasteiger charge is 2.27. The smallest absolute Gasteiger partial charge is 0.411 e. The second kappa shape index (κ2) is 11.2. The van der Waals surface area contributed by atoms with Crippen molar-refractivity contribution >= 4 is 38.8 Å². The van der Waals surface area contributed by atoms with Crippen molar-refractivity contribution in [2.45, 2.75) is 63.3 Å². The summed E-state index contributed by atoms with van der Waals surface area (Å²) in [4.78, 5) is 17.7. The van der Waals surface area contributed by atoms with Gasteiger partial charge in [-0.05, 0) is 75.9 Å². The van der Waals surface area contributed by atoms with Gasteiger partial charge in [0.1, 0.15) is 5.01 Å². The number of aromatic nitrogens is 1. The first-order chi connectivity index (χ1) is 17.5. The maximum atomic E-state index is 13.4. The quantitative estimate of drug-likeness (QED) is 0.303. The van der Waals surface area contributed by atoms with E-state index in [1.165, 1.54) is 23.8 Å². The Morgan fingerprint density at radius 3 is 2.49 bits per heavy atom. The number of nitrogens with zero attached hydrogens (tertiary/aromatic N) is 1. The van der Waals surface area contributed by atoms with Crippen LogP contribution in [0, 0.1) is 5.92 Å². The van der Waals surface area contributed by atoms with Crippen molar-refractivity contribution in [3.05, 3.63) is 48.7 Å². The zero-order valence-electron chi connectivity index (χ0n) is 21.4. The molecule has 37 heavy (non-hydrogen) atoms. The van der Waals surface area contributed by atoms with Gasteiger partial charge in [-0.1, -0.05) is 25.3 Å². The molecular formula is C27H34N4O4S2. The summed E-state index contributed by atoms with van der Waals surface area (Å²) in [6.45, 7) is 5.71. The first-order valence-corrected chi connectivity index (χ1v) is 14.7. The molecule has 1 aliphatic rings. The number of rotatable bonds is 7. The number of benzene rings is 2. The normalized spacial score (nSPS) is 14.9.